The Morgan fingerprint density at radius 2 is 2.40 bits per heavy atom. The van der Waals surface area contributed by atoms with Gasteiger partial charge in [0.15, 0.2) is 0 Å². The Kier molecular flexibility index (Phi) is 4.34. The van der Waals surface area contributed by atoms with Gasteiger partial charge in [-0.2, -0.15) is 0 Å². The van der Waals surface area contributed by atoms with E-state index in [4.69, 9.17) is 4.74 Å². The number of hydrogen-bond donors (Lipinski definition) is 1. The van der Waals surface area contributed by atoms with Crippen LogP contribution in [0.2, 0.25) is 0 Å². The van der Waals surface area contributed by atoms with Crippen LogP contribution in [0.15, 0.2) is 36.7 Å². The molecule has 4 heteroatoms. The summed E-state index contributed by atoms with van der Waals surface area (Å²) in [4.78, 5) is 15.3. The Bertz CT molecular complexity index is 336. The molecular formula is C11H14N2O2. The summed E-state index contributed by atoms with van der Waals surface area (Å²) < 4.78 is 4.77. The fourth-order valence-corrected chi connectivity index (χ4v) is 0.990. The average molecular weight is 206 g/mol. The van der Waals surface area contributed by atoms with Crippen molar-refractivity contribution in [2.45, 2.75) is 13.5 Å². The molecule has 0 aliphatic heterocycles. The first-order valence-corrected chi connectivity index (χ1v) is 4.74. The van der Waals surface area contributed by atoms with Crippen LogP contribution in [0.4, 0.5) is 0 Å². The van der Waals surface area contributed by atoms with Crippen LogP contribution in [-0.4, -0.2) is 17.6 Å². The minimum atomic E-state index is -0.423. The highest BCUT2D eigenvalue weighted by Crippen LogP contribution is 1.96. The Labute approximate surface area is 89.0 Å². The standard InChI is InChI=1S/C11H14N2O2/c1-3-15-11(14)9(2)13-8-10-6-4-5-7-12-10/h4-7,13H,2-3,8H2,1H3. The SMILES string of the molecule is C=C(NCc1ccccn1)C(=O)OCC. The highest BCUT2D eigenvalue weighted by Gasteiger charge is 2.06. The van der Waals surface area contributed by atoms with E-state index >= 15 is 0 Å². The van der Waals surface area contributed by atoms with Crippen LogP contribution in [0.25, 0.3) is 0 Å². The third kappa shape index (κ3) is 3.81. The number of hydrogen-bond acceptors (Lipinski definition) is 4. The normalized spacial score (nSPS) is 9.40. The van der Waals surface area contributed by atoms with Gasteiger partial charge in [0.05, 0.1) is 18.8 Å². The second-order valence-electron chi connectivity index (χ2n) is 2.87. The Morgan fingerprint density at radius 3 is 3.00 bits per heavy atom. The summed E-state index contributed by atoms with van der Waals surface area (Å²) in [5.41, 5.74) is 1.10. The zero-order valence-electron chi connectivity index (χ0n) is 8.69. The van der Waals surface area contributed by atoms with E-state index in [-0.39, 0.29) is 5.70 Å². The first-order valence-electron chi connectivity index (χ1n) is 4.74. The number of carbonyl (C=O) groups is 1. The van der Waals surface area contributed by atoms with E-state index in [1.807, 2.05) is 18.2 Å². The van der Waals surface area contributed by atoms with Crippen molar-refractivity contribution >= 4 is 5.97 Å². The van der Waals surface area contributed by atoms with Crippen molar-refractivity contribution in [2.75, 3.05) is 6.61 Å². The van der Waals surface area contributed by atoms with Crippen molar-refractivity contribution in [3.63, 3.8) is 0 Å². The summed E-state index contributed by atoms with van der Waals surface area (Å²) in [6.07, 6.45) is 1.70. The summed E-state index contributed by atoms with van der Waals surface area (Å²) in [6.45, 7) is 6.15. The minimum absolute atomic E-state index is 0.252. The van der Waals surface area contributed by atoms with Gasteiger partial charge in [-0.1, -0.05) is 12.6 Å². The van der Waals surface area contributed by atoms with Gasteiger partial charge in [-0.15, -0.1) is 0 Å². The molecule has 0 aliphatic carbocycles. The number of nitrogens with one attached hydrogen (secondary N) is 1. The molecule has 0 radical (unpaired) electrons. The van der Waals surface area contributed by atoms with Crippen LogP contribution in [0.5, 0.6) is 0 Å². The number of pyridine rings is 1. The summed E-state index contributed by atoms with van der Waals surface area (Å²) in [5, 5.41) is 2.85. The molecule has 0 atom stereocenters. The van der Waals surface area contributed by atoms with Gasteiger partial charge in [0.2, 0.25) is 0 Å². The van der Waals surface area contributed by atoms with E-state index in [0.717, 1.165) is 5.69 Å². The second kappa shape index (κ2) is 5.80. The minimum Gasteiger partial charge on any atom is -0.461 e. The van der Waals surface area contributed by atoms with Crippen molar-refractivity contribution in [2.24, 2.45) is 0 Å². The summed E-state index contributed by atoms with van der Waals surface area (Å²) in [7, 11) is 0. The fraction of sp³-hybridized carbons (Fsp3) is 0.273. The molecule has 0 amide bonds. The lowest BCUT2D eigenvalue weighted by Gasteiger charge is -2.07. The highest BCUT2D eigenvalue weighted by molar-refractivity contribution is 5.86. The van der Waals surface area contributed by atoms with E-state index in [1.165, 1.54) is 0 Å². The summed E-state index contributed by atoms with van der Waals surface area (Å²) in [5.74, 6) is -0.423. The van der Waals surface area contributed by atoms with Crippen molar-refractivity contribution in [3.8, 4) is 0 Å². The third-order valence-electron chi connectivity index (χ3n) is 1.73. The molecule has 1 aromatic heterocycles. The molecule has 15 heavy (non-hydrogen) atoms. The van der Waals surface area contributed by atoms with Gasteiger partial charge in [-0.05, 0) is 19.1 Å². The van der Waals surface area contributed by atoms with E-state index in [9.17, 15) is 4.79 Å². The quantitative estimate of drug-likeness (QED) is 0.582. The fourth-order valence-electron chi connectivity index (χ4n) is 0.990. The maximum atomic E-state index is 11.2. The molecule has 1 heterocycles. The lowest BCUT2D eigenvalue weighted by molar-refractivity contribution is -0.138. The molecule has 0 fully saturated rings. The van der Waals surface area contributed by atoms with E-state index in [1.54, 1.807) is 13.1 Å². The Morgan fingerprint density at radius 1 is 1.60 bits per heavy atom. The predicted molar refractivity (Wildman–Crippen MR) is 56.8 cm³/mol. The van der Waals surface area contributed by atoms with Crippen LogP contribution in [0, 0.1) is 0 Å². The molecule has 4 nitrogen and oxygen atoms in total. The third-order valence-corrected chi connectivity index (χ3v) is 1.73. The van der Waals surface area contributed by atoms with Gasteiger partial charge < -0.3 is 10.1 Å². The Balaban J connectivity index is 2.38. The monoisotopic (exact) mass is 206 g/mol. The molecule has 0 aliphatic rings. The van der Waals surface area contributed by atoms with Crippen molar-refractivity contribution in [3.05, 3.63) is 42.4 Å². The van der Waals surface area contributed by atoms with Crippen molar-refractivity contribution in [1.82, 2.24) is 10.3 Å². The van der Waals surface area contributed by atoms with Crippen molar-refractivity contribution in [1.29, 1.82) is 0 Å². The summed E-state index contributed by atoms with van der Waals surface area (Å²) >= 11 is 0. The molecule has 0 aromatic carbocycles. The van der Waals surface area contributed by atoms with Gasteiger partial charge in [0, 0.05) is 6.20 Å². The van der Waals surface area contributed by atoms with Gasteiger partial charge in [0.1, 0.15) is 5.70 Å². The average Bonchev–Trinajstić information content (AvgIpc) is 2.27. The first-order chi connectivity index (χ1) is 7.24. The van der Waals surface area contributed by atoms with Gasteiger partial charge in [0.25, 0.3) is 0 Å². The van der Waals surface area contributed by atoms with E-state index in [0.29, 0.717) is 13.2 Å². The number of ether oxygens (including phenoxy) is 1. The number of nitrogens with zero attached hydrogens (tertiary/aromatic N) is 1. The zero-order valence-corrected chi connectivity index (χ0v) is 8.69. The molecule has 1 rings (SSSR count). The number of aromatic nitrogens is 1. The molecule has 1 aromatic rings. The van der Waals surface area contributed by atoms with Gasteiger partial charge in [-0.25, -0.2) is 4.79 Å². The smallest absolute Gasteiger partial charge is 0.353 e. The van der Waals surface area contributed by atoms with Crippen LogP contribution < -0.4 is 5.32 Å². The van der Waals surface area contributed by atoms with E-state index in [2.05, 4.69) is 16.9 Å². The van der Waals surface area contributed by atoms with E-state index < -0.39 is 5.97 Å². The maximum absolute atomic E-state index is 11.2. The van der Waals surface area contributed by atoms with Crippen LogP contribution in [0.1, 0.15) is 12.6 Å². The van der Waals surface area contributed by atoms with Gasteiger partial charge in [-0.3, -0.25) is 4.98 Å². The molecule has 0 saturated heterocycles. The maximum Gasteiger partial charge on any atom is 0.353 e. The molecule has 0 spiro atoms. The van der Waals surface area contributed by atoms with Crippen LogP contribution in [-0.2, 0) is 16.1 Å². The molecule has 0 unspecified atom stereocenters. The molecule has 0 bridgehead atoms. The number of carbonyl (C=O) groups excluding carboxylic acids is 1. The topological polar surface area (TPSA) is 51.2 Å². The molecular weight excluding hydrogens is 192 g/mol. The lowest BCUT2D eigenvalue weighted by Crippen LogP contribution is -2.21. The van der Waals surface area contributed by atoms with Crippen LogP contribution in [0.3, 0.4) is 0 Å². The zero-order chi connectivity index (χ0) is 11.1. The highest BCUT2D eigenvalue weighted by atomic mass is 16.5. The largest absolute Gasteiger partial charge is 0.461 e. The first kappa shape index (κ1) is 11.2. The second-order valence-corrected chi connectivity index (χ2v) is 2.87. The molecule has 0 saturated carbocycles. The predicted octanol–water partition coefficient (Wildman–Crippen LogP) is 1.25. The van der Waals surface area contributed by atoms with Crippen LogP contribution >= 0.6 is 0 Å². The number of esters is 1. The summed E-state index contributed by atoms with van der Waals surface area (Å²) in [6, 6.07) is 5.59. The number of rotatable bonds is 5. The Hall–Kier alpha value is -1.84. The molecule has 80 valence electrons. The molecule has 1 N–H and O–H groups in total. The van der Waals surface area contributed by atoms with Gasteiger partial charge >= 0.3 is 5.97 Å². The lowest BCUT2D eigenvalue weighted by atomic mass is 10.3. The van der Waals surface area contributed by atoms with Crippen molar-refractivity contribution < 1.29 is 9.53 Å².